The number of nitrogens with zero attached hydrogens (tertiary/aromatic N) is 3. The van der Waals surface area contributed by atoms with Crippen LogP contribution in [0, 0.1) is 0 Å². The van der Waals surface area contributed by atoms with Gasteiger partial charge in [-0.2, -0.15) is 0 Å². The lowest BCUT2D eigenvalue weighted by Crippen LogP contribution is -2.47. The minimum absolute atomic E-state index is 0.405. The molecule has 0 saturated heterocycles. The Kier molecular flexibility index (Phi) is 6.66. The first kappa shape index (κ1) is 16.4. The van der Waals surface area contributed by atoms with Crippen LogP contribution < -0.4 is 16.2 Å². The van der Waals surface area contributed by atoms with Crippen molar-refractivity contribution in [1.29, 1.82) is 0 Å². The molecule has 1 rings (SSSR count). The fourth-order valence-corrected chi connectivity index (χ4v) is 1.29. The molecule has 0 atom stereocenters. The summed E-state index contributed by atoms with van der Waals surface area (Å²) in [4.78, 5) is 23.1. The van der Waals surface area contributed by atoms with Crippen LogP contribution in [-0.2, 0) is 0 Å². The Bertz CT molecular complexity index is 498. The van der Waals surface area contributed by atoms with Gasteiger partial charge in [-0.05, 0) is 30.7 Å². The third kappa shape index (κ3) is 6.37. The van der Waals surface area contributed by atoms with Crippen LogP contribution in [0.3, 0.4) is 0 Å². The van der Waals surface area contributed by atoms with E-state index in [1.165, 1.54) is 0 Å². The number of hydrogen-bond donors (Lipinski definition) is 3. The Morgan fingerprint density at radius 1 is 1.14 bits per heavy atom. The van der Waals surface area contributed by atoms with Gasteiger partial charge in [-0.1, -0.05) is 12.1 Å². The number of urea groups is 1. The molecule has 0 aliphatic rings. The number of carbonyl (C=O) groups is 2. The van der Waals surface area contributed by atoms with E-state index in [9.17, 15) is 9.59 Å². The summed E-state index contributed by atoms with van der Waals surface area (Å²) >= 11 is 0. The van der Waals surface area contributed by atoms with E-state index in [1.807, 2.05) is 6.92 Å². The summed E-state index contributed by atoms with van der Waals surface area (Å²) < 4.78 is 0. The monoisotopic (exact) mass is 292 g/mol. The maximum atomic E-state index is 11.8. The van der Waals surface area contributed by atoms with Crippen molar-refractivity contribution in [3.8, 4) is 0 Å². The quantitative estimate of drug-likeness (QED) is 0.568. The molecule has 0 aliphatic heterocycles. The molecule has 0 heterocycles. The Labute approximate surface area is 123 Å². The zero-order valence-corrected chi connectivity index (χ0v) is 12.4. The predicted octanol–water partition coefficient (Wildman–Crippen LogP) is 1.60. The minimum Gasteiger partial charge on any atom is -0.337 e. The van der Waals surface area contributed by atoms with E-state index in [0.717, 1.165) is 6.42 Å². The zero-order chi connectivity index (χ0) is 15.7. The van der Waals surface area contributed by atoms with Gasteiger partial charge in [0.15, 0.2) is 0 Å². The molecule has 1 aromatic carbocycles. The molecule has 0 unspecified atom stereocenters. The Morgan fingerprint density at radius 3 is 2.38 bits per heavy atom. The molecule has 1 aromatic rings. The normalized spacial score (nSPS) is 10.2. The topological polar surface area (TPSA) is 98.2 Å². The van der Waals surface area contributed by atoms with Crippen LogP contribution in [0.4, 0.5) is 10.5 Å². The molecule has 8 heteroatoms. The molecular weight excluding hydrogens is 272 g/mol. The number of nitrogens with one attached hydrogen (secondary N) is 3. The smallest absolute Gasteiger partial charge is 0.333 e. The molecule has 0 spiro atoms. The van der Waals surface area contributed by atoms with Gasteiger partial charge in [-0.3, -0.25) is 15.2 Å². The van der Waals surface area contributed by atoms with Crippen molar-refractivity contribution < 1.29 is 9.59 Å². The number of benzene rings is 1. The molecule has 0 fully saturated rings. The summed E-state index contributed by atoms with van der Waals surface area (Å²) in [6, 6.07) is 6.09. The van der Waals surface area contributed by atoms with Crippen molar-refractivity contribution in [2.75, 3.05) is 20.6 Å². The molecule has 0 aliphatic carbocycles. The largest absolute Gasteiger partial charge is 0.337 e. The van der Waals surface area contributed by atoms with Crippen molar-refractivity contribution in [3.63, 3.8) is 0 Å². The first-order valence-electron chi connectivity index (χ1n) is 6.56. The van der Waals surface area contributed by atoms with Gasteiger partial charge in [0.05, 0.1) is 5.69 Å². The molecule has 3 amide bonds. The van der Waals surface area contributed by atoms with Crippen LogP contribution >= 0.6 is 0 Å². The van der Waals surface area contributed by atoms with E-state index >= 15 is 0 Å². The van der Waals surface area contributed by atoms with Gasteiger partial charge in [-0.15, -0.1) is 5.11 Å². The molecular formula is C13H20N6O2. The highest BCUT2D eigenvalue weighted by atomic mass is 16.2. The van der Waals surface area contributed by atoms with E-state index in [2.05, 4.69) is 26.5 Å². The number of rotatable bonds is 5. The Balaban J connectivity index is 2.49. The van der Waals surface area contributed by atoms with E-state index in [0.29, 0.717) is 17.8 Å². The second-order valence-electron chi connectivity index (χ2n) is 4.42. The summed E-state index contributed by atoms with van der Waals surface area (Å²) in [5, 5.41) is 12.0. The maximum absolute atomic E-state index is 11.8. The molecule has 0 bridgehead atoms. The highest BCUT2D eigenvalue weighted by molar-refractivity contribution is 5.95. The molecule has 8 nitrogen and oxygen atoms in total. The maximum Gasteiger partial charge on any atom is 0.333 e. The van der Waals surface area contributed by atoms with Gasteiger partial charge in [0.25, 0.3) is 5.91 Å². The van der Waals surface area contributed by atoms with Crippen LogP contribution in [0.1, 0.15) is 23.7 Å². The van der Waals surface area contributed by atoms with Gasteiger partial charge in [0.2, 0.25) is 0 Å². The highest BCUT2D eigenvalue weighted by Crippen LogP contribution is 2.13. The fourth-order valence-electron chi connectivity index (χ4n) is 1.29. The molecule has 21 heavy (non-hydrogen) atoms. The average Bonchev–Trinajstić information content (AvgIpc) is 2.49. The van der Waals surface area contributed by atoms with Gasteiger partial charge in [0.1, 0.15) is 0 Å². The van der Waals surface area contributed by atoms with Crippen molar-refractivity contribution in [2.24, 2.45) is 10.3 Å². The van der Waals surface area contributed by atoms with Gasteiger partial charge < -0.3 is 5.32 Å². The number of amides is 3. The minimum atomic E-state index is -0.443. The third-order valence-electron chi connectivity index (χ3n) is 2.29. The van der Waals surface area contributed by atoms with Crippen LogP contribution in [0.25, 0.3) is 0 Å². The number of hydrogen-bond acceptors (Lipinski definition) is 4. The van der Waals surface area contributed by atoms with Crippen molar-refractivity contribution in [3.05, 3.63) is 29.8 Å². The molecule has 0 saturated carbocycles. The second-order valence-corrected chi connectivity index (χ2v) is 4.42. The summed E-state index contributed by atoms with van der Waals surface area (Å²) in [5.74, 6) is -0.405. The lowest BCUT2D eigenvalue weighted by atomic mass is 10.2. The van der Waals surface area contributed by atoms with Gasteiger partial charge in [-0.25, -0.2) is 10.2 Å². The Hall–Kier alpha value is -2.64. The first-order valence-corrected chi connectivity index (χ1v) is 6.56. The molecule has 0 radical (unpaired) electrons. The van der Waals surface area contributed by atoms with Crippen molar-refractivity contribution in [2.45, 2.75) is 13.3 Å². The van der Waals surface area contributed by atoms with Crippen LogP contribution in [0.2, 0.25) is 0 Å². The molecule has 3 N–H and O–H groups in total. The lowest BCUT2D eigenvalue weighted by Gasteiger charge is -2.08. The second kappa shape index (κ2) is 8.51. The van der Waals surface area contributed by atoms with Crippen LogP contribution in [-0.4, -0.2) is 37.6 Å². The van der Waals surface area contributed by atoms with E-state index in [1.54, 1.807) is 43.4 Å². The fraction of sp³-hybridized carbons (Fsp3) is 0.385. The van der Waals surface area contributed by atoms with Gasteiger partial charge >= 0.3 is 6.03 Å². The first-order chi connectivity index (χ1) is 10.0. The van der Waals surface area contributed by atoms with Crippen LogP contribution in [0.15, 0.2) is 34.6 Å². The summed E-state index contributed by atoms with van der Waals surface area (Å²) in [7, 11) is 3.53. The SMILES string of the molecule is CCCNC(=O)NNC(=O)c1ccc(N=NN(C)C)cc1. The molecule has 0 aromatic heterocycles. The van der Waals surface area contributed by atoms with Crippen molar-refractivity contribution >= 4 is 17.6 Å². The summed E-state index contributed by atoms with van der Waals surface area (Å²) in [5.41, 5.74) is 5.63. The summed E-state index contributed by atoms with van der Waals surface area (Å²) in [6.45, 7) is 2.49. The van der Waals surface area contributed by atoms with Crippen molar-refractivity contribution in [1.82, 2.24) is 21.2 Å². The number of hydrazine groups is 1. The number of carbonyl (C=O) groups excluding carboxylic acids is 2. The van der Waals surface area contributed by atoms with E-state index < -0.39 is 11.9 Å². The average molecular weight is 292 g/mol. The third-order valence-corrected chi connectivity index (χ3v) is 2.29. The van der Waals surface area contributed by atoms with Gasteiger partial charge in [0, 0.05) is 26.2 Å². The molecule has 114 valence electrons. The van der Waals surface area contributed by atoms with E-state index in [4.69, 9.17) is 0 Å². The highest BCUT2D eigenvalue weighted by Gasteiger charge is 2.06. The predicted molar refractivity (Wildman–Crippen MR) is 78.9 cm³/mol. The zero-order valence-electron chi connectivity index (χ0n) is 12.4. The lowest BCUT2D eigenvalue weighted by molar-refractivity contribution is 0.0936. The Morgan fingerprint density at radius 2 is 1.81 bits per heavy atom. The van der Waals surface area contributed by atoms with Crippen LogP contribution in [0.5, 0.6) is 0 Å². The van der Waals surface area contributed by atoms with E-state index in [-0.39, 0.29) is 0 Å². The standard InChI is InChI=1S/C13H20N6O2/c1-4-9-14-13(21)17-16-12(20)10-5-7-11(8-6-10)15-18-19(2)3/h5-8H,4,9H2,1-3H3,(H,16,20)(H2,14,17,21). The summed E-state index contributed by atoms with van der Waals surface area (Å²) in [6.07, 6.45) is 0.824.